The number of phenolic OH excluding ortho intramolecular Hbond substituents is 4. The number of carboxylic acids is 4. The zero-order chi connectivity index (χ0) is 87.9. The summed E-state index contributed by atoms with van der Waals surface area (Å²) in [6.45, 7) is 8.10. The number of carboxylic acid groups (broad SMARTS) is 4. The van der Waals surface area contributed by atoms with E-state index >= 15 is 0 Å². The largest absolute Gasteiger partial charge is 0.508 e. The fourth-order valence-electron chi connectivity index (χ4n) is 12.8. The number of carbonyl (C=O) groups is 5. The summed E-state index contributed by atoms with van der Waals surface area (Å²) < 4.78 is 28.3. The molecule has 12 aromatic carbocycles. The van der Waals surface area contributed by atoms with E-state index in [-0.39, 0.29) is 39.9 Å². The summed E-state index contributed by atoms with van der Waals surface area (Å²) in [5.74, 6) is 1.19. The molecule has 0 saturated carbocycles. The topological polar surface area (TPSA) is 351 Å². The average Bonchev–Trinajstić information content (AvgIpc) is 1.62. The van der Waals surface area contributed by atoms with Crippen LogP contribution in [-0.2, 0) is 24.6 Å². The highest BCUT2D eigenvalue weighted by Gasteiger charge is 2.27. The molecule has 0 bridgehead atoms. The van der Waals surface area contributed by atoms with E-state index in [9.17, 15) is 59.8 Å². The summed E-state index contributed by atoms with van der Waals surface area (Å²) in [5, 5.41) is 99.1. The van der Waals surface area contributed by atoms with Crippen molar-refractivity contribution in [1.29, 1.82) is 5.26 Å². The molecule has 0 fully saturated rings. The average molecular weight is 1720 g/mol. The number of carbonyl (C=O) groups excluding carboxylic acids is 1. The third-order valence-electron chi connectivity index (χ3n) is 18.8. The van der Waals surface area contributed by atoms with Gasteiger partial charge in [-0.2, -0.15) is 5.26 Å². The van der Waals surface area contributed by atoms with Crippen LogP contribution < -0.4 is 18.9 Å². The Labute approximate surface area is 724 Å². The monoisotopic (exact) mass is 1720 g/mol. The fourth-order valence-corrected chi connectivity index (χ4v) is 17.6. The molecule has 0 aliphatic heterocycles. The minimum atomic E-state index is -1.04. The first kappa shape index (κ1) is 86.1. The Hall–Kier alpha value is -15.7. The number of hydrogen-bond donors (Lipinski definition) is 8. The predicted octanol–water partition coefficient (Wildman–Crippen LogP) is 25.9. The number of ketones is 1. The Bertz CT molecular complexity index is 6700. The van der Waals surface area contributed by atoms with E-state index in [0.29, 0.717) is 72.8 Å². The van der Waals surface area contributed by atoms with Gasteiger partial charge < -0.3 is 59.8 Å². The number of phenols is 4. The number of nitrogens with zero attached hydrogens (tertiary/aromatic N) is 2. The van der Waals surface area contributed by atoms with Crippen LogP contribution >= 0.6 is 45.3 Å². The minimum absolute atomic E-state index is 0.0442. The fraction of sp³-hybridized carbons (Fsp3) is 0.0505. The predicted molar refractivity (Wildman–Crippen MR) is 489 cm³/mol. The van der Waals surface area contributed by atoms with E-state index in [4.69, 9.17) is 39.4 Å². The van der Waals surface area contributed by atoms with E-state index in [1.54, 1.807) is 175 Å². The van der Waals surface area contributed by atoms with Gasteiger partial charge in [0.05, 0.1) is 41.6 Å². The lowest BCUT2D eigenvalue weighted by atomic mass is 9.86. The molecule has 0 radical (unpaired) electrons. The number of ether oxygens (including phenoxy) is 4. The summed E-state index contributed by atoms with van der Waals surface area (Å²) in [6.07, 6.45) is 10.3. The Morgan fingerprint density at radius 1 is 0.379 bits per heavy atom. The van der Waals surface area contributed by atoms with Gasteiger partial charge in [-0.25, -0.2) is 19.2 Å². The van der Waals surface area contributed by atoms with Crippen molar-refractivity contribution in [3.63, 3.8) is 0 Å². The molecule has 0 aliphatic rings. The number of fused-ring (bicyclic) bond motifs is 4. The van der Waals surface area contributed by atoms with Crippen LogP contribution in [0.1, 0.15) is 71.4 Å². The van der Waals surface area contributed by atoms with Crippen molar-refractivity contribution < 1.29 is 88.7 Å². The van der Waals surface area contributed by atoms with Crippen molar-refractivity contribution in [3.8, 4) is 117 Å². The van der Waals surface area contributed by atoms with E-state index in [1.165, 1.54) is 82.9 Å². The molecule has 8 N–H and O–H groups in total. The van der Waals surface area contributed by atoms with Crippen LogP contribution in [0.5, 0.6) is 69.0 Å². The molecule has 616 valence electrons. The molecule has 0 amide bonds. The molecule has 124 heavy (non-hydrogen) atoms. The van der Waals surface area contributed by atoms with Crippen LogP contribution in [0, 0.1) is 21.4 Å². The van der Waals surface area contributed by atoms with Crippen LogP contribution in [0.3, 0.4) is 0 Å². The van der Waals surface area contributed by atoms with Crippen molar-refractivity contribution in [2.24, 2.45) is 0 Å². The van der Waals surface area contributed by atoms with Gasteiger partial charge >= 0.3 is 23.9 Å². The number of aliphatic carboxylic acids is 4. The lowest BCUT2D eigenvalue weighted by molar-refractivity contribution is -0.384. The normalized spacial score (nSPS) is 11.2. The molecule has 0 unspecified atom stereocenters. The quantitative estimate of drug-likeness (QED) is 0.0135. The third kappa shape index (κ3) is 21.3. The molecule has 16 aromatic rings. The molecule has 25 heteroatoms. The van der Waals surface area contributed by atoms with E-state index in [1.807, 2.05) is 66.7 Å². The molecule has 4 heterocycles. The summed E-state index contributed by atoms with van der Waals surface area (Å²) >= 11 is 5.75. The van der Waals surface area contributed by atoms with Gasteiger partial charge in [-0.15, -0.1) is 45.3 Å². The standard InChI is InChI=1S/C27H24O4S.C25H18O5S.C24H15NO4S.C23H15NO6S/c1-27(2,3)19-9-7-18(8-10-19)26-25(22-14-11-20(28)16-23(22)32-26)31-21-12-4-17(5-13-21)6-15-24(29)30;1-15(26)19-4-2-3-5-20(19)25-24(21-12-9-17(27)14-22(21)31-25)30-18-10-6-16(7-11-18)8-13-23(28)29;25-14-16-3-1-2-4-19(16)24-23(20-11-8-17(26)13-21(20)30-24)29-18-9-5-15(6-10-18)7-12-22(27)28;25-15-8-11-18-20(13-15)31-23(17-3-1-2-4-19(17)24(28)29)22(18)30-16-9-5-14(6-10-16)7-12-21(26)27/h4-16,28H,1-3H3,(H,29,30);2-14,27H,1H3,(H,28,29);1-13,26H,(H,27,28);1-13,25H,(H,26,27)/b15-6+;13-8+;2*12-7+. The lowest BCUT2D eigenvalue weighted by Gasteiger charge is -2.19. The Morgan fingerprint density at radius 2 is 0.677 bits per heavy atom. The van der Waals surface area contributed by atoms with Crippen LogP contribution in [0.25, 0.3) is 106 Å². The second kappa shape index (κ2) is 38.6. The molecule has 0 aliphatic carbocycles. The molecular formula is C99H72N2O19S4. The molecule has 0 saturated heterocycles. The highest BCUT2D eigenvalue weighted by Crippen LogP contribution is 2.53. The summed E-state index contributed by atoms with van der Waals surface area (Å²) in [5.41, 5.74) is 8.35. The highest BCUT2D eigenvalue weighted by molar-refractivity contribution is 7.24. The van der Waals surface area contributed by atoms with Crippen LogP contribution in [0.2, 0.25) is 0 Å². The Balaban J connectivity index is 0.000000142. The van der Waals surface area contributed by atoms with Gasteiger partial charge in [0.1, 0.15) is 46.0 Å². The smallest absolute Gasteiger partial charge is 0.328 e. The van der Waals surface area contributed by atoms with Crippen LogP contribution in [-0.4, -0.2) is 75.4 Å². The van der Waals surface area contributed by atoms with E-state index in [0.717, 1.165) is 113 Å². The van der Waals surface area contributed by atoms with Crippen molar-refractivity contribution in [2.75, 3.05) is 0 Å². The molecular weight excluding hydrogens is 1650 g/mol. The van der Waals surface area contributed by atoms with Crippen LogP contribution in [0.4, 0.5) is 5.69 Å². The first-order chi connectivity index (χ1) is 59.6. The summed E-state index contributed by atoms with van der Waals surface area (Å²) in [4.78, 5) is 69.2. The van der Waals surface area contributed by atoms with Gasteiger partial charge in [0, 0.05) is 87.4 Å². The number of nitro benzene ring substituents is 1. The van der Waals surface area contributed by atoms with Gasteiger partial charge in [0.25, 0.3) is 5.69 Å². The third-order valence-corrected chi connectivity index (χ3v) is 23.5. The number of nitro groups is 1. The number of thiophene rings is 4. The van der Waals surface area contributed by atoms with Crippen molar-refractivity contribution >= 4 is 145 Å². The van der Waals surface area contributed by atoms with Gasteiger partial charge in [0.15, 0.2) is 28.8 Å². The van der Waals surface area contributed by atoms with E-state index in [2.05, 4.69) is 51.1 Å². The van der Waals surface area contributed by atoms with Gasteiger partial charge in [-0.05, 0) is 203 Å². The number of para-hydroxylation sites is 1. The maximum Gasteiger partial charge on any atom is 0.328 e. The number of Topliss-reactive ketones (excluding diaryl/α,β-unsaturated/α-hetero) is 1. The molecule has 4 aromatic heterocycles. The number of hydrogen-bond acceptors (Lipinski definition) is 20. The van der Waals surface area contributed by atoms with Gasteiger partial charge in [-0.1, -0.05) is 148 Å². The Kier molecular flexibility index (Phi) is 26.8. The Morgan fingerprint density at radius 3 is 1.01 bits per heavy atom. The van der Waals surface area contributed by atoms with Gasteiger partial charge in [-0.3, -0.25) is 14.9 Å². The van der Waals surface area contributed by atoms with Gasteiger partial charge in [0.2, 0.25) is 0 Å². The maximum absolute atomic E-state index is 12.2. The highest BCUT2D eigenvalue weighted by atomic mass is 32.1. The first-order valence-electron chi connectivity index (χ1n) is 37.8. The second-order valence-electron chi connectivity index (χ2n) is 28.5. The first-order valence-corrected chi connectivity index (χ1v) is 41.1. The maximum atomic E-state index is 12.2. The zero-order valence-electron chi connectivity index (χ0n) is 66.1. The molecule has 0 atom stereocenters. The van der Waals surface area contributed by atoms with Crippen molar-refractivity contribution in [2.45, 2.75) is 33.1 Å². The number of nitriles is 1. The van der Waals surface area contributed by atoms with Crippen LogP contribution in [0.15, 0.2) is 291 Å². The van der Waals surface area contributed by atoms with Crippen molar-refractivity contribution in [1.82, 2.24) is 0 Å². The second-order valence-corrected chi connectivity index (χ2v) is 32.7. The summed E-state index contributed by atoms with van der Waals surface area (Å²) in [7, 11) is 0. The summed E-state index contributed by atoms with van der Waals surface area (Å²) in [6, 6.07) is 80.2. The number of aromatic hydroxyl groups is 4. The number of rotatable bonds is 22. The minimum Gasteiger partial charge on any atom is -0.508 e. The molecule has 21 nitrogen and oxygen atoms in total. The van der Waals surface area contributed by atoms with Crippen molar-refractivity contribution in [3.05, 3.63) is 340 Å². The SMILES string of the molecule is CC(=O)c1ccccc1-c1sc2cc(O)ccc2c1Oc1ccc(/C=C/C(=O)O)cc1.CC(C)(C)c1ccc(-c2sc3cc(O)ccc3c2Oc2ccc(/C=C/C(=O)O)cc2)cc1.N#Cc1ccccc1-c1sc2cc(O)ccc2c1Oc1ccc(/C=C/C(=O)O)cc1.O=C(O)/C=C/c1ccc(Oc2c(-c3ccccc3[N+](=O)[O-])sc3cc(O)ccc23)cc1. The van der Waals surface area contributed by atoms with E-state index < -0.39 is 28.8 Å². The number of benzene rings is 12. The molecule has 0 spiro atoms. The molecule has 16 rings (SSSR count). The lowest BCUT2D eigenvalue weighted by Crippen LogP contribution is -2.10. The zero-order valence-corrected chi connectivity index (χ0v) is 69.4.